The number of aryl methyl sites for hydroxylation is 1. The Hall–Kier alpha value is -1.69. The van der Waals surface area contributed by atoms with Crippen molar-refractivity contribution < 1.29 is 9.90 Å². The van der Waals surface area contributed by atoms with Crippen LogP contribution in [-0.4, -0.2) is 34.1 Å². The van der Waals surface area contributed by atoms with Crippen LogP contribution in [0.1, 0.15) is 25.6 Å². The van der Waals surface area contributed by atoms with Gasteiger partial charge in [-0.2, -0.15) is 0 Å². The molecule has 5 nitrogen and oxygen atoms in total. The number of rotatable bonds is 3. The average Bonchev–Trinajstić information content (AvgIpc) is 2.94. The van der Waals surface area contributed by atoms with Crippen molar-refractivity contribution in [2.45, 2.75) is 26.2 Å². The molecule has 2 aromatic rings. The maximum atomic E-state index is 11.0. The van der Waals surface area contributed by atoms with E-state index in [-0.39, 0.29) is 5.92 Å². The highest BCUT2D eigenvalue weighted by atomic mass is 32.1. The summed E-state index contributed by atoms with van der Waals surface area (Å²) in [6, 6.07) is 2.05. The Morgan fingerprint density at radius 3 is 2.85 bits per heavy atom. The third kappa shape index (κ3) is 2.35. The molecule has 106 valence electrons. The second-order valence-corrected chi connectivity index (χ2v) is 5.95. The lowest BCUT2D eigenvalue weighted by Gasteiger charge is -2.31. The molecule has 2 aromatic heterocycles. The smallest absolute Gasteiger partial charge is 0.306 e. The van der Waals surface area contributed by atoms with Crippen molar-refractivity contribution in [1.29, 1.82) is 0 Å². The molecule has 0 atom stereocenters. The van der Waals surface area contributed by atoms with Gasteiger partial charge in [-0.3, -0.25) is 4.79 Å². The Bertz CT molecular complexity index is 632. The molecular weight excluding hydrogens is 274 g/mol. The quantitative estimate of drug-likeness (QED) is 0.941. The predicted octanol–water partition coefficient (Wildman–Crippen LogP) is 2.55. The number of anilines is 1. The Morgan fingerprint density at radius 2 is 2.20 bits per heavy atom. The van der Waals surface area contributed by atoms with E-state index in [1.54, 1.807) is 11.3 Å². The van der Waals surface area contributed by atoms with E-state index in [2.05, 4.69) is 27.9 Å². The summed E-state index contributed by atoms with van der Waals surface area (Å²) in [6.07, 6.45) is 2.19. The van der Waals surface area contributed by atoms with E-state index in [1.165, 1.54) is 0 Å². The third-order valence-corrected chi connectivity index (χ3v) is 4.62. The molecule has 0 amide bonds. The number of nitrogens with zero attached hydrogens (tertiary/aromatic N) is 3. The van der Waals surface area contributed by atoms with Crippen LogP contribution in [-0.2, 0) is 11.2 Å². The fourth-order valence-corrected chi connectivity index (χ4v) is 3.40. The minimum atomic E-state index is -0.678. The molecule has 1 fully saturated rings. The van der Waals surface area contributed by atoms with Crippen LogP contribution in [0.5, 0.6) is 0 Å². The van der Waals surface area contributed by atoms with Crippen LogP contribution < -0.4 is 4.90 Å². The number of carboxylic acid groups (broad SMARTS) is 1. The summed E-state index contributed by atoms with van der Waals surface area (Å²) < 4.78 is 0. The highest BCUT2D eigenvalue weighted by Crippen LogP contribution is 2.30. The number of hydrogen-bond acceptors (Lipinski definition) is 5. The minimum absolute atomic E-state index is 0.211. The van der Waals surface area contributed by atoms with Crippen LogP contribution in [0.3, 0.4) is 0 Å². The van der Waals surface area contributed by atoms with Crippen LogP contribution in [0.4, 0.5) is 5.82 Å². The molecule has 0 radical (unpaired) electrons. The van der Waals surface area contributed by atoms with Crippen molar-refractivity contribution >= 4 is 33.3 Å². The topological polar surface area (TPSA) is 66.3 Å². The molecule has 3 rings (SSSR count). The molecule has 0 unspecified atom stereocenters. The van der Waals surface area contributed by atoms with Crippen molar-refractivity contribution in [1.82, 2.24) is 9.97 Å². The van der Waals surface area contributed by atoms with Gasteiger partial charge in [0.1, 0.15) is 16.5 Å². The van der Waals surface area contributed by atoms with E-state index in [4.69, 9.17) is 5.11 Å². The summed E-state index contributed by atoms with van der Waals surface area (Å²) in [7, 11) is 0. The van der Waals surface area contributed by atoms with Gasteiger partial charge in [-0.15, -0.1) is 11.3 Å². The number of piperidine rings is 1. The second-order valence-electron chi connectivity index (χ2n) is 5.06. The number of hydrogen-bond donors (Lipinski definition) is 1. The highest BCUT2D eigenvalue weighted by molar-refractivity contribution is 7.16. The van der Waals surface area contributed by atoms with E-state index in [9.17, 15) is 4.79 Å². The zero-order valence-corrected chi connectivity index (χ0v) is 12.2. The average molecular weight is 291 g/mol. The molecule has 0 spiro atoms. The van der Waals surface area contributed by atoms with Crippen LogP contribution in [0.2, 0.25) is 0 Å². The molecular formula is C14H17N3O2S. The Morgan fingerprint density at radius 1 is 1.45 bits per heavy atom. The normalized spacial score (nSPS) is 16.8. The summed E-state index contributed by atoms with van der Waals surface area (Å²) in [6.45, 7) is 3.55. The SMILES string of the molecule is CCc1nc(N2CCC(C(=O)O)CC2)c2ccsc2n1. The van der Waals surface area contributed by atoms with Crippen molar-refractivity contribution in [3.63, 3.8) is 0 Å². The van der Waals surface area contributed by atoms with Crippen molar-refractivity contribution in [3.8, 4) is 0 Å². The molecule has 1 aliphatic rings. The first-order chi connectivity index (χ1) is 9.69. The van der Waals surface area contributed by atoms with Crippen molar-refractivity contribution in [2.75, 3.05) is 18.0 Å². The van der Waals surface area contributed by atoms with E-state index >= 15 is 0 Å². The first kappa shape index (κ1) is 13.3. The molecule has 1 aliphatic heterocycles. The standard InChI is InChI=1S/C14H17N3O2S/c1-2-11-15-12(10-5-8-20-13(10)16-11)17-6-3-9(4-7-17)14(18)19/h5,8-9H,2-4,6-7H2,1H3,(H,18,19). The summed E-state index contributed by atoms with van der Waals surface area (Å²) in [5, 5.41) is 12.2. The largest absolute Gasteiger partial charge is 0.481 e. The van der Waals surface area contributed by atoms with Gasteiger partial charge in [0.15, 0.2) is 0 Å². The van der Waals surface area contributed by atoms with E-state index in [0.717, 1.165) is 41.4 Å². The Kier molecular flexibility index (Phi) is 3.56. The summed E-state index contributed by atoms with van der Waals surface area (Å²) >= 11 is 1.63. The van der Waals surface area contributed by atoms with Crippen LogP contribution in [0.15, 0.2) is 11.4 Å². The number of aromatic nitrogens is 2. The van der Waals surface area contributed by atoms with E-state index < -0.39 is 5.97 Å². The third-order valence-electron chi connectivity index (χ3n) is 3.81. The maximum Gasteiger partial charge on any atom is 0.306 e. The molecule has 3 heterocycles. The predicted molar refractivity (Wildman–Crippen MR) is 79.4 cm³/mol. The lowest BCUT2D eigenvalue weighted by atomic mass is 9.97. The van der Waals surface area contributed by atoms with Gasteiger partial charge >= 0.3 is 5.97 Å². The molecule has 0 aliphatic carbocycles. The molecule has 0 saturated carbocycles. The van der Waals surface area contributed by atoms with Gasteiger partial charge in [0, 0.05) is 19.5 Å². The first-order valence-corrected chi connectivity index (χ1v) is 7.79. The van der Waals surface area contributed by atoms with Crippen LogP contribution in [0, 0.1) is 5.92 Å². The minimum Gasteiger partial charge on any atom is -0.481 e. The monoisotopic (exact) mass is 291 g/mol. The summed E-state index contributed by atoms with van der Waals surface area (Å²) in [5.74, 6) is 0.936. The second kappa shape index (κ2) is 5.36. The van der Waals surface area contributed by atoms with Gasteiger partial charge in [-0.1, -0.05) is 6.92 Å². The molecule has 0 bridgehead atoms. The first-order valence-electron chi connectivity index (χ1n) is 6.91. The van der Waals surface area contributed by atoms with Gasteiger partial charge in [0.25, 0.3) is 0 Å². The van der Waals surface area contributed by atoms with E-state index in [1.807, 2.05) is 5.38 Å². The fraction of sp³-hybridized carbons (Fsp3) is 0.500. The van der Waals surface area contributed by atoms with Gasteiger partial charge < -0.3 is 10.0 Å². The van der Waals surface area contributed by atoms with Crippen LogP contribution >= 0.6 is 11.3 Å². The van der Waals surface area contributed by atoms with Crippen molar-refractivity contribution in [2.24, 2.45) is 5.92 Å². The lowest BCUT2D eigenvalue weighted by Crippen LogP contribution is -2.37. The zero-order valence-electron chi connectivity index (χ0n) is 11.4. The Labute approximate surface area is 121 Å². The Balaban J connectivity index is 1.90. The fourth-order valence-electron chi connectivity index (χ4n) is 2.62. The summed E-state index contributed by atoms with van der Waals surface area (Å²) in [5.41, 5.74) is 0. The number of fused-ring (bicyclic) bond motifs is 1. The van der Waals surface area contributed by atoms with Gasteiger partial charge in [0.05, 0.1) is 11.3 Å². The lowest BCUT2D eigenvalue weighted by molar-refractivity contribution is -0.142. The number of thiophene rings is 1. The number of aliphatic carboxylic acids is 1. The van der Waals surface area contributed by atoms with Gasteiger partial charge in [-0.25, -0.2) is 9.97 Å². The van der Waals surface area contributed by atoms with Gasteiger partial charge in [0.2, 0.25) is 0 Å². The molecule has 6 heteroatoms. The molecule has 1 saturated heterocycles. The van der Waals surface area contributed by atoms with E-state index in [0.29, 0.717) is 12.8 Å². The van der Waals surface area contributed by atoms with Gasteiger partial charge in [-0.05, 0) is 24.3 Å². The molecule has 0 aromatic carbocycles. The zero-order chi connectivity index (χ0) is 14.1. The molecule has 20 heavy (non-hydrogen) atoms. The maximum absolute atomic E-state index is 11.0. The highest BCUT2D eigenvalue weighted by Gasteiger charge is 2.26. The number of carbonyl (C=O) groups is 1. The van der Waals surface area contributed by atoms with Crippen LogP contribution in [0.25, 0.3) is 10.2 Å². The van der Waals surface area contributed by atoms with Crippen molar-refractivity contribution in [3.05, 3.63) is 17.3 Å². The summed E-state index contributed by atoms with van der Waals surface area (Å²) in [4.78, 5) is 23.4. The molecule has 1 N–H and O–H groups in total. The number of carboxylic acids is 1.